The number of rotatable bonds is 8. The largest absolute Gasteiger partial charge is 0.378 e. The van der Waals surface area contributed by atoms with Gasteiger partial charge in [-0.2, -0.15) is 5.10 Å². The summed E-state index contributed by atoms with van der Waals surface area (Å²) in [6, 6.07) is 0.496. The minimum absolute atomic E-state index is 0.479. The van der Waals surface area contributed by atoms with Crippen molar-refractivity contribution in [3.8, 4) is 0 Å². The Labute approximate surface area is 136 Å². The van der Waals surface area contributed by atoms with E-state index < -0.39 is 0 Å². The summed E-state index contributed by atoms with van der Waals surface area (Å²) in [6.07, 6.45) is 7.25. The summed E-state index contributed by atoms with van der Waals surface area (Å²) in [6.45, 7) is 6.28. The number of ether oxygens (including phenoxy) is 1. The fourth-order valence-electron chi connectivity index (χ4n) is 3.10. The molecule has 0 saturated carbocycles. The van der Waals surface area contributed by atoms with Gasteiger partial charge >= 0.3 is 0 Å². The van der Waals surface area contributed by atoms with E-state index in [0.29, 0.717) is 12.1 Å². The first kappa shape index (κ1) is 17.0. The van der Waals surface area contributed by atoms with Crippen LogP contribution in [0.5, 0.6) is 0 Å². The smallest absolute Gasteiger partial charge is 0.0766 e. The molecule has 0 aromatic carbocycles. The van der Waals surface area contributed by atoms with Crippen LogP contribution in [0.2, 0.25) is 0 Å². The van der Waals surface area contributed by atoms with Gasteiger partial charge < -0.3 is 10.1 Å². The molecule has 0 radical (unpaired) electrons. The lowest BCUT2D eigenvalue weighted by molar-refractivity contribution is 0.0995. The summed E-state index contributed by atoms with van der Waals surface area (Å²) in [4.78, 5) is 0. The third-order valence-corrected chi connectivity index (χ3v) is 5.21. The van der Waals surface area contributed by atoms with Gasteiger partial charge in [0, 0.05) is 26.1 Å². The van der Waals surface area contributed by atoms with E-state index in [1.54, 1.807) is 0 Å². The predicted octanol–water partition coefficient (Wildman–Crippen LogP) is 3.22. The molecule has 2 unspecified atom stereocenters. The summed E-state index contributed by atoms with van der Waals surface area (Å²) in [7, 11) is 2.04. The molecule has 4 nitrogen and oxygen atoms in total. The van der Waals surface area contributed by atoms with Gasteiger partial charge in [-0.05, 0) is 54.6 Å². The Kier molecular flexibility index (Phi) is 6.71. The fraction of sp³-hybridized carbons (Fsp3) is 0.812. The van der Waals surface area contributed by atoms with Gasteiger partial charge in [-0.1, -0.05) is 13.8 Å². The number of hydrogen-bond donors (Lipinski definition) is 1. The van der Waals surface area contributed by atoms with Gasteiger partial charge in [0.25, 0.3) is 0 Å². The molecule has 1 fully saturated rings. The van der Waals surface area contributed by atoms with Crippen LogP contribution in [0.1, 0.15) is 50.9 Å². The second-order valence-electron chi connectivity index (χ2n) is 5.86. The van der Waals surface area contributed by atoms with Gasteiger partial charge in [-0.25, -0.2) is 0 Å². The molecule has 1 aromatic heterocycles. The molecule has 1 aliphatic heterocycles. The first-order valence-electron chi connectivity index (χ1n) is 8.20. The second kappa shape index (κ2) is 8.30. The van der Waals surface area contributed by atoms with Gasteiger partial charge in [0.05, 0.1) is 22.0 Å². The van der Waals surface area contributed by atoms with Crippen molar-refractivity contribution in [3.05, 3.63) is 15.9 Å². The number of nitrogens with zero attached hydrogens (tertiary/aromatic N) is 2. The van der Waals surface area contributed by atoms with Crippen LogP contribution >= 0.6 is 15.9 Å². The van der Waals surface area contributed by atoms with Crippen molar-refractivity contribution in [2.75, 3.05) is 13.2 Å². The number of aromatic nitrogens is 2. The van der Waals surface area contributed by atoms with E-state index in [9.17, 15) is 0 Å². The van der Waals surface area contributed by atoms with Crippen LogP contribution in [-0.4, -0.2) is 35.1 Å². The van der Waals surface area contributed by atoms with E-state index >= 15 is 0 Å². The highest BCUT2D eigenvalue weighted by molar-refractivity contribution is 9.10. The van der Waals surface area contributed by atoms with Crippen LogP contribution in [0.3, 0.4) is 0 Å². The maximum atomic E-state index is 5.75. The van der Waals surface area contributed by atoms with E-state index in [4.69, 9.17) is 4.74 Å². The highest BCUT2D eigenvalue weighted by Crippen LogP contribution is 2.24. The first-order chi connectivity index (χ1) is 10.2. The molecule has 120 valence electrons. The van der Waals surface area contributed by atoms with Crippen LogP contribution in [0.25, 0.3) is 0 Å². The van der Waals surface area contributed by atoms with Gasteiger partial charge in [0.1, 0.15) is 0 Å². The Hall–Kier alpha value is -0.390. The Morgan fingerprint density at radius 1 is 1.48 bits per heavy atom. The van der Waals surface area contributed by atoms with Crippen LogP contribution in [0.15, 0.2) is 4.47 Å². The molecule has 5 heteroatoms. The standard InChI is InChI=1S/C16H28BrN3O/c1-4-14-16(17)15(20(3)19-14)11-12(18-5-2)8-9-13-7-6-10-21-13/h12-13,18H,4-11H2,1-3H3. The first-order valence-corrected chi connectivity index (χ1v) is 9.00. The molecule has 1 N–H and O–H groups in total. The molecule has 0 bridgehead atoms. The summed E-state index contributed by atoms with van der Waals surface area (Å²) < 4.78 is 8.96. The quantitative estimate of drug-likeness (QED) is 0.776. The van der Waals surface area contributed by atoms with Gasteiger partial charge in [-0.15, -0.1) is 0 Å². The zero-order valence-electron chi connectivity index (χ0n) is 13.5. The maximum Gasteiger partial charge on any atom is 0.0766 e. The molecule has 2 atom stereocenters. The predicted molar refractivity (Wildman–Crippen MR) is 89.7 cm³/mol. The Morgan fingerprint density at radius 2 is 2.29 bits per heavy atom. The maximum absolute atomic E-state index is 5.75. The van der Waals surface area contributed by atoms with Crippen LogP contribution < -0.4 is 5.32 Å². The zero-order chi connectivity index (χ0) is 15.2. The average Bonchev–Trinajstić information content (AvgIpc) is 3.07. The number of likely N-dealkylation sites (N-methyl/N-ethyl adjacent to an activating group) is 1. The monoisotopic (exact) mass is 357 g/mol. The zero-order valence-corrected chi connectivity index (χ0v) is 15.1. The Morgan fingerprint density at radius 3 is 2.86 bits per heavy atom. The van der Waals surface area contributed by atoms with Crippen molar-refractivity contribution in [1.29, 1.82) is 0 Å². The Bertz CT molecular complexity index is 441. The number of aryl methyl sites for hydroxylation is 2. The highest BCUT2D eigenvalue weighted by Gasteiger charge is 2.20. The third-order valence-electron chi connectivity index (χ3n) is 4.30. The highest BCUT2D eigenvalue weighted by atomic mass is 79.9. The van der Waals surface area contributed by atoms with E-state index in [0.717, 1.165) is 44.5 Å². The van der Waals surface area contributed by atoms with E-state index in [2.05, 4.69) is 40.2 Å². The lowest BCUT2D eigenvalue weighted by Crippen LogP contribution is -2.32. The van der Waals surface area contributed by atoms with Crippen LogP contribution in [0, 0.1) is 0 Å². The number of hydrogen-bond acceptors (Lipinski definition) is 3. The lowest BCUT2D eigenvalue weighted by atomic mass is 10.0. The Balaban J connectivity index is 1.96. The molecule has 0 spiro atoms. The summed E-state index contributed by atoms with van der Waals surface area (Å²) in [5.41, 5.74) is 2.45. The lowest BCUT2D eigenvalue weighted by Gasteiger charge is -2.20. The van der Waals surface area contributed by atoms with Crippen molar-refractivity contribution in [1.82, 2.24) is 15.1 Å². The summed E-state index contributed by atoms with van der Waals surface area (Å²) in [5.74, 6) is 0. The fourth-order valence-corrected chi connectivity index (χ4v) is 3.88. The minimum atomic E-state index is 0.479. The van der Waals surface area contributed by atoms with E-state index in [-0.39, 0.29) is 0 Å². The summed E-state index contributed by atoms with van der Waals surface area (Å²) >= 11 is 3.72. The topological polar surface area (TPSA) is 39.1 Å². The van der Waals surface area contributed by atoms with Crippen molar-refractivity contribution >= 4 is 15.9 Å². The molecule has 0 amide bonds. The molecule has 2 rings (SSSR count). The van der Waals surface area contributed by atoms with E-state index in [1.165, 1.54) is 23.0 Å². The summed E-state index contributed by atoms with van der Waals surface area (Å²) in [5, 5.41) is 8.22. The van der Waals surface area contributed by atoms with Crippen molar-refractivity contribution in [2.24, 2.45) is 7.05 Å². The molecule has 21 heavy (non-hydrogen) atoms. The normalized spacial score (nSPS) is 20.1. The number of halogens is 1. The SMILES string of the molecule is CCNC(CCC1CCCO1)Cc1c(Br)c(CC)nn1C. The van der Waals surface area contributed by atoms with Gasteiger partial charge in [0.2, 0.25) is 0 Å². The molecule has 1 saturated heterocycles. The molecular formula is C16H28BrN3O. The van der Waals surface area contributed by atoms with Crippen molar-refractivity contribution in [3.63, 3.8) is 0 Å². The molecule has 1 aliphatic rings. The van der Waals surface area contributed by atoms with Crippen LogP contribution in [-0.2, 0) is 24.6 Å². The van der Waals surface area contributed by atoms with Gasteiger partial charge in [-0.3, -0.25) is 4.68 Å². The molecule has 0 aliphatic carbocycles. The van der Waals surface area contributed by atoms with Gasteiger partial charge in [0.15, 0.2) is 0 Å². The third kappa shape index (κ3) is 4.54. The molecular weight excluding hydrogens is 330 g/mol. The van der Waals surface area contributed by atoms with Crippen molar-refractivity contribution < 1.29 is 4.74 Å². The number of nitrogens with one attached hydrogen (secondary N) is 1. The van der Waals surface area contributed by atoms with Crippen molar-refractivity contribution in [2.45, 2.75) is 64.5 Å². The second-order valence-corrected chi connectivity index (χ2v) is 6.65. The van der Waals surface area contributed by atoms with E-state index in [1.807, 2.05) is 11.7 Å². The van der Waals surface area contributed by atoms with Crippen LogP contribution in [0.4, 0.5) is 0 Å². The minimum Gasteiger partial charge on any atom is -0.378 e. The molecule has 2 heterocycles. The average molecular weight is 358 g/mol. The molecule has 1 aromatic rings.